The third kappa shape index (κ3) is 4.24. The smallest absolute Gasteiger partial charge is 0.138 e. The molecule has 0 rings (SSSR count). The lowest BCUT2D eigenvalue weighted by molar-refractivity contribution is -0.127. The van der Waals surface area contributed by atoms with E-state index in [1.54, 1.807) is 0 Å². The van der Waals surface area contributed by atoms with Gasteiger partial charge in [-0.1, -0.05) is 50.5 Å². The predicted octanol–water partition coefficient (Wildman–Crippen LogP) is 3.56. The van der Waals surface area contributed by atoms with Gasteiger partial charge in [-0.05, 0) is 6.42 Å². The standard InChI is InChI=1S/C10H19BrO/c1-6-8(12)9(2,3)7-10(4,5)11/h6-7H2,1-5H3. The molecule has 0 atom stereocenters. The molecule has 0 aromatic carbocycles. The van der Waals surface area contributed by atoms with Gasteiger partial charge in [-0.2, -0.15) is 0 Å². The predicted molar refractivity (Wildman–Crippen MR) is 56.7 cm³/mol. The normalized spacial score (nSPS) is 13.2. The molecule has 0 amide bonds. The van der Waals surface area contributed by atoms with Gasteiger partial charge in [0.15, 0.2) is 0 Å². The Labute approximate surface area is 84.1 Å². The Hall–Kier alpha value is 0.150. The summed E-state index contributed by atoms with van der Waals surface area (Å²) in [6.45, 7) is 10.1. The van der Waals surface area contributed by atoms with Crippen molar-refractivity contribution in [1.82, 2.24) is 0 Å². The zero-order chi connectivity index (χ0) is 9.99. The molecule has 0 bridgehead atoms. The molecule has 2 heteroatoms. The Morgan fingerprint density at radius 3 is 1.92 bits per heavy atom. The zero-order valence-corrected chi connectivity index (χ0v) is 10.3. The average Bonchev–Trinajstić information content (AvgIpc) is 1.80. The first-order chi connectivity index (χ1) is 5.19. The van der Waals surface area contributed by atoms with E-state index in [0.29, 0.717) is 12.2 Å². The SMILES string of the molecule is CCC(=O)C(C)(C)CC(C)(C)Br. The van der Waals surface area contributed by atoms with Gasteiger partial charge in [-0.25, -0.2) is 0 Å². The number of carbonyl (C=O) groups excluding carboxylic acids is 1. The number of ketones is 1. The Bertz CT molecular complexity index is 165. The Morgan fingerprint density at radius 1 is 1.25 bits per heavy atom. The molecular weight excluding hydrogens is 216 g/mol. The highest BCUT2D eigenvalue weighted by molar-refractivity contribution is 9.10. The molecule has 0 saturated carbocycles. The molecule has 1 nitrogen and oxygen atoms in total. The van der Waals surface area contributed by atoms with Crippen molar-refractivity contribution in [2.75, 3.05) is 0 Å². The van der Waals surface area contributed by atoms with Gasteiger partial charge in [-0.15, -0.1) is 0 Å². The lowest BCUT2D eigenvalue weighted by Crippen LogP contribution is -2.30. The second-order valence-electron chi connectivity index (χ2n) is 4.56. The topological polar surface area (TPSA) is 17.1 Å². The summed E-state index contributed by atoms with van der Waals surface area (Å²) >= 11 is 3.56. The van der Waals surface area contributed by atoms with Gasteiger partial charge in [0.2, 0.25) is 0 Å². The lowest BCUT2D eigenvalue weighted by Gasteiger charge is -2.29. The third-order valence-corrected chi connectivity index (χ3v) is 2.22. The first-order valence-corrected chi connectivity index (χ1v) is 5.20. The average molecular weight is 235 g/mol. The fraction of sp³-hybridized carbons (Fsp3) is 0.900. The second kappa shape index (κ2) is 3.91. The monoisotopic (exact) mass is 234 g/mol. The van der Waals surface area contributed by atoms with Gasteiger partial charge in [0.25, 0.3) is 0 Å². The number of alkyl halides is 1. The summed E-state index contributed by atoms with van der Waals surface area (Å²) in [6.07, 6.45) is 1.52. The first-order valence-electron chi connectivity index (χ1n) is 4.41. The molecule has 0 aliphatic carbocycles. The van der Waals surface area contributed by atoms with Crippen molar-refractivity contribution < 1.29 is 4.79 Å². The van der Waals surface area contributed by atoms with Crippen LogP contribution in [0, 0.1) is 5.41 Å². The van der Waals surface area contributed by atoms with E-state index >= 15 is 0 Å². The molecule has 0 aromatic rings. The first kappa shape index (κ1) is 12.2. The van der Waals surface area contributed by atoms with Crippen LogP contribution in [0.3, 0.4) is 0 Å². The van der Waals surface area contributed by atoms with Crippen molar-refractivity contribution in [2.24, 2.45) is 5.41 Å². The highest BCUT2D eigenvalue weighted by Gasteiger charge is 2.31. The number of hydrogen-bond acceptors (Lipinski definition) is 1. The summed E-state index contributed by atoms with van der Waals surface area (Å²) in [4.78, 5) is 11.5. The van der Waals surface area contributed by atoms with Crippen molar-refractivity contribution in [3.8, 4) is 0 Å². The number of hydrogen-bond donors (Lipinski definition) is 0. The fourth-order valence-corrected chi connectivity index (χ4v) is 2.33. The van der Waals surface area contributed by atoms with Crippen LogP contribution in [0.5, 0.6) is 0 Å². The molecule has 0 aromatic heterocycles. The van der Waals surface area contributed by atoms with Crippen LogP contribution in [0.2, 0.25) is 0 Å². The molecule has 0 spiro atoms. The van der Waals surface area contributed by atoms with E-state index in [0.717, 1.165) is 6.42 Å². The summed E-state index contributed by atoms with van der Waals surface area (Å²) in [6, 6.07) is 0. The van der Waals surface area contributed by atoms with Crippen LogP contribution in [-0.4, -0.2) is 10.1 Å². The van der Waals surface area contributed by atoms with Gasteiger partial charge < -0.3 is 0 Å². The molecule has 0 aliphatic rings. The molecule has 0 radical (unpaired) electrons. The van der Waals surface area contributed by atoms with E-state index in [-0.39, 0.29) is 9.74 Å². The minimum atomic E-state index is -0.193. The van der Waals surface area contributed by atoms with E-state index in [1.165, 1.54) is 0 Å². The molecule has 0 N–H and O–H groups in total. The van der Waals surface area contributed by atoms with Gasteiger partial charge in [0, 0.05) is 16.2 Å². The highest BCUT2D eigenvalue weighted by Crippen LogP contribution is 2.34. The molecule has 0 fully saturated rings. The van der Waals surface area contributed by atoms with Crippen molar-refractivity contribution in [3.63, 3.8) is 0 Å². The summed E-state index contributed by atoms with van der Waals surface area (Å²) in [7, 11) is 0. The minimum absolute atomic E-state index is 0.0569. The number of Topliss-reactive ketones (excluding diaryl/α,β-unsaturated/α-hetero) is 1. The third-order valence-electron chi connectivity index (χ3n) is 1.94. The largest absolute Gasteiger partial charge is 0.299 e. The molecule has 0 unspecified atom stereocenters. The summed E-state index contributed by atoms with van der Waals surface area (Å²) in [5.74, 6) is 0.343. The molecule has 0 saturated heterocycles. The summed E-state index contributed by atoms with van der Waals surface area (Å²) in [5, 5.41) is 0. The minimum Gasteiger partial charge on any atom is -0.299 e. The van der Waals surface area contributed by atoms with Crippen LogP contribution in [0.1, 0.15) is 47.5 Å². The van der Waals surface area contributed by atoms with Crippen LogP contribution >= 0.6 is 15.9 Å². The molecular formula is C10H19BrO. The Balaban J connectivity index is 4.32. The number of rotatable bonds is 4. The maximum atomic E-state index is 11.5. The van der Waals surface area contributed by atoms with Crippen LogP contribution in [0.25, 0.3) is 0 Å². The van der Waals surface area contributed by atoms with E-state index in [9.17, 15) is 4.79 Å². The van der Waals surface area contributed by atoms with Gasteiger partial charge in [0.1, 0.15) is 5.78 Å². The van der Waals surface area contributed by atoms with Crippen LogP contribution < -0.4 is 0 Å². The van der Waals surface area contributed by atoms with E-state index in [1.807, 2.05) is 20.8 Å². The quantitative estimate of drug-likeness (QED) is 0.681. The highest BCUT2D eigenvalue weighted by atomic mass is 79.9. The van der Waals surface area contributed by atoms with Crippen LogP contribution in [0.15, 0.2) is 0 Å². The maximum absolute atomic E-state index is 11.5. The summed E-state index contributed by atoms with van der Waals surface area (Å²) in [5.41, 5.74) is -0.193. The van der Waals surface area contributed by atoms with E-state index < -0.39 is 0 Å². The van der Waals surface area contributed by atoms with Crippen molar-refractivity contribution in [2.45, 2.75) is 51.8 Å². The summed E-state index contributed by atoms with van der Waals surface area (Å²) < 4.78 is 0.0569. The van der Waals surface area contributed by atoms with Crippen LogP contribution in [0.4, 0.5) is 0 Å². The molecule has 0 heterocycles. The fourth-order valence-electron chi connectivity index (χ4n) is 1.63. The molecule has 0 aliphatic heterocycles. The van der Waals surface area contributed by atoms with E-state index in [4.69, 9.17) is 0 Å². The van der Waals surface area contributed by atoms with Crippen molar-refractivity contribution in [1.29, 1.82) is 0 Å². The Morgan fingerprint density at radius 2 is 1.67 bits per heavy atom. The lowest BCUT2D eigenvalue weighted by atomic mass is 9.79. The number of halogens is 1. The van der Waals surface area contributed by atoms with Gasteiger partial charge >= 0.3 is 0 Å². The van der Waals surface area contributed by atoms with E-state index in [2.05, 4.69) is 29.8 Å². The number of carbonyl (C=O) groups is 1. The second-order valence-corrected chi connectivity index (χ2v) is 6.70. The molecule has 12 heavy (non-hydrogen) atoms. The van der Waals surface area contributed by atoms with Crippen molar-refractivity contribution in [3.05, 3.63) is 0 Å². The maximum Gasteiger partial charge on any atom is 0.138 e. The van der Waals surface area contributed by atoms with Gasteiger partial charge in [-0.3, -0.25) is 4.79 Å². The zero-order valence-electron chi connectivity index (χ0n) is 8.70. The Kier molecular flexibility index (Phi) is 3.95. The van der Waals surface area contributed by atoms with Crippen molar-refractivity contribution >= 4 is 21.7 Å². The van der Waals surface area contributed by atoms with Crippen LogP contribution in [-0.2, 0) is 4.79 Å². The molecule has 72 valence electrons. The van der Waals surface area contributed by atoms with Gasteiger partial charge in [0.05, 0.1) is 0 Å².